The summed E-state index contributed by atoms with van der Waals surface area (Å²) >= 11 is 1.63. The molecule has 2 amide bonds. The van der Waals surface area contributed by atoms with Gasteiger partial charge in [-0.2, -0.15) is 0 Å². The molecule has 0 aliphatic carbocycles. The smallest absolute Gasteiger partial charge is 0.254 e. The number of likely N-dealkylation sites (tertiary alicyclic amines) is 1. The van der Waals surface area contributed by atoms with Gasteiger partial charge >= 0.3 is 0 Å². The largest absolute Gasteiger partial charge is 0.327 e. The molecule has 1 heterocycles. The SMILES string of the molecule is CSc1cccc(NC(=O)[C@@H]2CCCN2C(=O)c2ccccc2)c1. The highest BCUT2D eigenvalue weighted by Gasteiger charge is 2.34. The molecule has 1 atom stereocenters. The van der Waals surface area contributed by atoms with E-state index in [0.29, 0.717) is 18.5 Å². The molecule has 5 heteroatoms. The van der Waals surface area contributed by atoms with Crippen LogP contribution in [0.1, 0.15) is 23.2 Å². The first kappa shape index (κ1) is 16.6. The predicted octanol–water partition coefficient (Wildman–Crippen LogP) is 3.65. The van der Waals surface area contributed by atoms with Gasteiger partial charge in [0.25, 0.3) is 5.91 Å². The molecule has 1 fully saturated rings. The summed E-state index contributed by atoms with van der Waals surface area (Å²) in [5, 5.41) is 2.95. The van der Waals surface area contributed by atoms with E-state index in [1.807, 2.05) is 48.7 Å². The highest BCUT2D eigenvalue weighted by Crippen LogP contribution is 2.23. The maximum Gasteiger partial charge on any atom is 0.254 e. The number of carbonyl (C=O) groups is 2. The summed E-state index contributed by atoms with van der Waals surface area (Å²) in [6, 6.07) is 16.5. The third-order valence-corrected chi connectivity index (χ3v) is 4.90. The summed E-state index contributed by atoms with van der Waals surface area (Å²) in [5.41, 5.74) is 1.40. The molecular weight excluding hydrogens is 320 g/mol. The molecule has 0 spiro atoms. The lowest BCUT2D eigenvalue weighted by molar-refractivity contribution is -0.119. The highest BCUT2D eigenvalue weighted by atomic mass is 32.2. The van der Waals surface area contributed by atoms with E-state index in [-0.39, 0.29) is 11.8 Å². The van der Waals surface area contributed by atoms with Crippen molar-refractivity contribution in [2.45, 2.75) is 23.8 Å². The van der Waals surface area contributed by atoms with Gasteiger partial charge in [-0.25, -0.2) is 0 Å². The van der Waals surface area contributed by atoms with Crippen molar-refractivity contribution in [3.63, 3.8) is 0 Å². The zero-order valence-corrected chi connectivity index (χ0v) is 14.4. The molecule has 2 aromatic carbocycles. The van der Waals surface area contributed by atoms with E-state index in [9.17, 15) is 9.59 Å². The Morgan fingerprint density at radius 2 is 1.92 bits per heavy atom. The van der Waals surface area contributed by atoms with Gasteiger partial charge in [-0.3, -0.25) is 9.59 Å². The maximum atomic E-state index is 12.7. The van der Waals surface area contributed by atoms with Crippen LogP contribution in [0.4, 0.5) is 5.69 Å². The molecule has 4 nitrogen and oxygen atoms in total. The molecule has 1 aliphatic heterocycles. The lowest BCUT2D eigenvalue weighted by Crippen LogP contribution is -2.43. The van der Waals surface area contributed by atoms with Crippen molar-refractivity contribution in [3.8, 4) is 0 Å². The first-order chi connectivity index (χ1) is 11.7. The highest BCUT2D eigenvalue weighted by molar-refractivity contribution is 7.98. The summed E-state index contributed by atoms with van der Waals surface area (Å²) in [7, 11) is 0. The molecule has 24 heavy (non-hydrogen) atoms. The van der Waals surface area contributed by atoms with Crippen LogP contribution in [0.25, 0.3) is 0 Å². The molecule has 0 aromatic heterocycles. The van der Waals surface area contributed by atoms with Gasteiger partial charge in [0.05, 0.1) is 0 Å². The van der Waals surface area contributed by atoms with Crippen LogP contribution in [0, 0.1) is 0 Å². The number of hydrogen-bond acceptors (Lipinski definition) is 3. The lowest BCUT2D eigenvalue weighted by Gasteiger charge is -2.24. The van der Waals surface area contributed by atoms with E-state index in [0.717, 1.165) is 17.0 Å². The van der Waals surface area contributed by atoms with E-state index < -0.39 is 6.04 Å². The van der Waals surface area contributed by atoms with Crippen molar-refractivity contribution in [3.05, 3.63) is 60.2 Å². The fourth-order valence-corrected chi connectivity index (χ4v) is 3.41. The Morgan fingerprint density at radius 1 is 1.12 bits per heavy atom. The average Bonchev–Trinajstić information content (AvgIpc) is 3.12. The monoisotopic (exact) mass is 340 g/mol. The third-order valence-electron chi connectivity index (χ3n) is 4.17. The van der Waals surface area contributed by atoms with Crippen molar-refractivity contribution >= 4 is 29.3 Å². The summed E-state index contributed by atoms with van der Waals surface area (Å²) in [6.45, 7) is 0.622. The van der Waals surface area contributed by atoms with Crippen molar-refractivity contribution in [2.75, 3.05) is 18.1 Å². The zero-order chi connectivity index (χ0) is 16.9. The van der Waals surface area contributed by atoms with E-state index in [1.165, 1.54) is 0 Å². The molecule has 124 valence electrons. The summed E-state index contributed by atoms with van der Waals surface area (Å²) < 4.78 is 0. The van der Waals surface area contributed by atoms with Crippen molar-refractivity contribution < 1.29 is 9.59 Å². The number of benzene rings is 2. The van der Waals surface area contributed by atoms with Gasteiger partial charge in [0.2, 0.25) is 5.91 Å². The molecule has 1 saturated heterocycles. The third kappa shape index (κ3) is 3.62. The molecule has 0 radical (unpaired) electrons. The quantitative estimate of drug-likeness (QED) is 0.864. The van der Waals surface area contributed by atoms with E-state index in [2.05, 4.69) is 5.32 Å². The Morgan fingerprint density at radius 3 is 2.67 bits per heavy atom. The zero-order valence-electron chi connectivity index (χ0n) is 13.6. The standard InChI is InChI=1S/C19H20N2O2S/c1-24-16-10-5-9-15(13-16)20-18(22)17-11-6-12-21(17)19(23)14-7-3-2-4-8-14/h2-5,7-10,13,17H,6,11-12H2,1H3,(H,20,22)/t17-/m0/s1. The Labute approximate surface area is 146 Å². The summed E-state index contributed by atoms with van der Waals surface area (Å²) in [6.07, 6.45) is 3.55. The molecular formula is C19H20N2O2S. The van der Waals surface area contributed by atoms with Gasteiger partial charge < -0.3 is 10.2 Å². The topological polar surface area (TPSA) is 49.4 Å². The minimum absolute atomic E-state index is 0.0777. The van der Waals surface area contributed by atoms with Crippen molar-refractivity contribution in [1.82, 2.24) is 4.90 Å². The van der Waals surface area contributed by atoms with E-state index >= 15 is 0 Å². The minimum atomic E-state index is -0.407. The first-order valence-corrected chi connectivity index (χ1v) is 9.22. The predicted molar refractivity (Wildman–Crippen MR) is 97.4 cm³/mol. The maximum absolute atomic E-state index is 12.7. The molecule has 0 saturated carbocycles. The fourth-order valence-electron chi connectivity index (χ4n) is 2.96. The second-order valence-corrected chi connectivity index (χ2v) is 6.62. The molecule has 2 aromatic rings. The number of nitrogens with zero attached hydrogens (tertiary/aromatic N) is 1. The van der Waals surface area contributed by atoms with Crippen LogP contribution in [-0.2, 0) is 4.79 Å². The number of nitrogens with one attached hydrogen (secondary N) is 1. The second-order valence-electron chi connectivity index (χ2n) is 5.74. The van der Waals surface area contributed by atoms with Crippen LogP contribution in [0.3, 0.4) is 0 Å². The normalized spacial score (nSPS) is 16.9. The summed E-state index contributed by atoms with van der Waals surface area (Å²) in [4.78, 5) is 28.1. The van der Waals surface area contributed by atoms with Gasteiger partial charge in [0, 0.05) is 22.7 Å². The molecule has 0 unspecified atom stereocenters. The van der Waals surface area contributed by atoms with Gasteiger partial charge in [0.15, 0.2) is 0 Å². The second kappa shape index (κ2) is 7.53. The Hall–Kier alpha value is -2.27. The van der Waals surface area contributed by atoms with E-state index in [1.54, 1.807) is 28.8 Å². The van der Waals surface area contributed by atoms with Crippen molar-refractivity contribution in [2.24, 2.45) is 0 Å². The van der Waals surface area contributed by atoms with Crippen LogP contribution in [0.5, 0.6) is 0 Å². The van der Waals surface area contributed by atoms with Crippen LogP contribution >= 0.6 is 11.8 Å². The Bertz CT molecular complexity index is 733. The number of anilines is 1. The molecule has 1 N–H and O–H groups in total. The minimum Gasteiger partial charge on any atom is -0.327 e. The fraction of sp³-hybridized carbons (Fsp3) is 0.263. The van der Waals surface area contributed by atoms with Gasteiger partial charge in [-0.05, 0) is 49.4 Å². The number of amides is 2. The Balaban J connectivity index is 1.72. The summed E-state index contributed by atoms with van der Waals surface area (Å²) in [5.74, 6) is -0.193. The number of rotatable bonds is 4. The van der Waals surface area contributed by atoms with Crippen LogP contribution in [0.2, 0.25) is 0 Å². The van der Waals surface area contributed by atoms with Crippen molar-refractivity contribution in [1.29, 1.82) is 0 Å². The number of carbonyl (C=O) groups excluding carboxylic acids is 2. The number of hydrogen-bond donors (Lipinski definition) is 1. The Kier molecular flexibility index (Phi) is 5.20. The number of thioether (sulfide) groups is 1. The van der Waals surface area contributed by atoms with Gasteiger partial charge in [-0.1, -0.05) is 24.3 Å². The average molecular weight is 340 g/mol. The van der Waals surface area contributed by atoms with E-state index in [4.69, 9.17) is 0 Å². The first-order valence-electron chi connectivity index (χ1n) is 8.00. The lowest BCUT2D eigenvalue weighted by atomic mass is 10.1. The molecule has 1 aliphatic rings. The van der Waals surface area contributed by atoms with Crippen LogP contribution < -0.4 is 5.32 Å². The van der Waals surface area contributed by atoms with Crippen LogP contribution in [-0.4, -0.2) is 35.6 Å². The molecule has 3 rings (SSSR count). The van der Waals surface area contributed by atoms with Gasteiger partial charge in [0.1, 0.15) is 6.04 Å². The van der Waals surface area contributed by atoms with Gasteiger partial charge in [-0.15, -0.1) is 11.8 Å². The van der Waals surface area contributed by atoms with Crippen LogP contribution in [0.15, 0.2) is 59.5 Å². The molecule has 0 bridgehead atoms.